The Balaban J connectivity index is 2.03. The van der Waals surface area contributed by atoms with E-state index < -0.39 is 11.5 Å². The number of hydrogen-bond donors (Lipinski definition) is 4. The van der Waals surface area contributed by atoms with Crippen LogP contribution >= 0.6 is 23.2 Å². The Hall–Kier alpha value is -3.16. The number of allylic oxidation sites excluding steroid dienone is 2. The summed E-state index contributed by atoms with van der Waals surface area (Å²) in [5, 5.41) is 32.5. The third-order valence-electron chi connectivity index (χ3n) is 3.80. The third-order valence-corrected chi connectivity index (χ3v) is 4.41. The number of carbonyl (C=O) groups excluding carboxylic acids is 1. The van der Waals surface area contributed by atoms with Crippen molar-refractivity contribution in [2.45, 2.75) is 0 Å². The SMILES string of the molecule is COC1=C(O)C(Nc2ccc(O)c(Cl)c2)=CC(=Nc2ccc(O)c(Cl)c2)C1=O. The summed E-state index contributed by atoms with van der Waals surface area (Å²) in [6, 6.07) is 8.58. The number of rotatable bonds is 4. The second-order valence-electron chi connectivity index (χ2n) is 5.69. The molecule has 144 valence electrons. The smallest absolute Gasteiger partial charge is 0.249 e. The Kier molecular flexibility index (Phi) is 5.48. The molecule has 0 radical (unpaired) electrons. The van der Waals surface area contributed by atoms with Gasteiger partial charge in [0.2, 0.25) is 11.5 Å². The summed E-state index contributed by atoms with van der Waals surface area (Å²) in [4.78, 5) is 16.8. The number of nitrogens with one attached hydrogen (secondary N) is 1. The molecule has 4 N–H and O–H groups in total. The number of Topliss-reactive ketones (excluding diaryl/α,β-unsaturated/α-hetero) is 1. The molecule has 3 rings (SSSR count). The van der Waals surface area contributed by atoms with Crippen LogP contribution in [0, 0.1) is 0 Å². The van der Waals surface area contributed by atoms with E-state index in [4.69, 9.17) is 27.9 Å². The van der Waals surface area contributed by atoms with Crippen molar-refractivity contribution < 1.29 is 24.9 Å². The Labute approximate surface area is 169 Å². The standard InChI is InChI=1S/C19H14Cl2N2O5/c1-28-19-17(26)13(22-9-2-4-15(24)11(20)6-9)8-14(18(19)27)23-10-3-5-16(25)12(21)7-10/h2-8,22,24-26H,1H3. The molecule has 28 heavy (non-hydrogen) atoms. The van der Waals surface area contributed by atoms with Crippen LogP contribution in [0.3, 0.4) is 0 Å². The van der Waals surface area contributed by atoms with Crippen LogP contribution in [0.15, 0.2) is 64.7 Å². The Morgan fingerprint density at radius 2 is 1.64 bits per heavy atom. The van der Waals surface area contributed by atoms with Gasteiger partial charge in [0.1, 0.15) is 17.2 Å². The molecule has 0 saturated heterocycles. The van der Waals surface area contributed by atoms with E-state index in [9.17, 15) is 20.1 Å². The van der Waals surface area contributed by atoms with Crippen LogP contribution < -0.4 is 5.32 Å². The molecule has 0 saturated carbocycles. The monoisotopic (exact) mass is 420 g/mol. The largest absolute Gasteiger partial charge is 0.506 e. The van der Waals surface area contributed by atoms with Gasteiger partial charge in [0, 0.05) is 5.69 Å². The number of anilines is 1. The molecular weight excluding hydrogens is 407 g/mol. The van der Waals surface area contributed by atoms with E-state index in [0.29, 0.717) is 11.4 Å². The molecular formula is C19H14Cl2N2O5. The second-order valence-corrected chi connectivity index (χ2v) is 6.51. The van der Waals surface area contributed by atoms with Crippen molar-refractivity contribution in [1.29, 1.82) is 0 Å². The number of aliphatic hydroxyl groups is 1. The molecule has 0 aromatic heterocycles. The normalized spacial score (nSPS) is 15.6. The number of hydrogen-bond acceptors (Lipinski definition) is 7. The predicted octanol–water partition coefficient (Wildman–Crippen LogP) is 4.47. The molecule has 0 spiro atoms. The van der Waals surface area contributed by atoms with Crippen molar-refractivity contribution in [3.8, 4) is 11.5 Å². The fourth-order valence-electron chi connectivity index (χ4n) is 2.43. The Bertz CT molecular complexity index is 1060. The summed E-state index contributed by atoms with van der Waals surface area (Å²) in [5.74, 6) is -1.53. The van der Waals surface area contributed by atoms with Gasteiger partial charge in [0.15, 0.2) is 5.76 Å². The minimum atomic E-state index is -0.626. The van der Waals surface area contributed by atoms with Gasteiger partial charge in [0.25, 0.3) is 0 Å². The van der Waals surface area contributed by atoms with Gasteiger partial charge < -0.3 is 25.4 Å². The van der Waals surface area contributed by atoms with E-state index in [1.54, 1.807) is 0 Å². The van der Waals surface area contributed by atoms with Crippen molar-refractivity contribution in [2.24, 2.45) is 4.99 Å². The molecule has 9 heteroatoms. The first-order valence-corrected chi connectivity index (χ1v) is 8.62. The third kappa shape index (κ3) is 3.90. The van der Waals surface area contributed by atoms with Gasteiger partial charge in [-0.05, 0) is 42.5 Å². The van der Waals surface area contributed by atoms with E-state index >= 15 is 0 Å². The lowest BCUT2D eigenvalue weighted by Crippen LogP contribution is -2.25. The van der Waals surface area contributed by atoms with Crippen LogP contribution in [0.4, 0.5) is 11.4 Å². The first kappa shape index (κ1) is 19.6. The molecule has 7 nitrogen and oxygen atoms in total. The number of carbonyl (C=O) groups is 1. The van der Waals surface area contributed by atoms with Crippen LogP contribution in [0.2, 0.25) is 10.0 Å². The average Bonchev–Trinajstić information content (AvgIpc) is 2.65. The van der Waals surface area contributed by atoms with E-state index in [1.165, 1.54) is 49.6 Å². The lowest BCUT2D eigenvalue weighted by molar-refractivity contribution is -0.112. The summed E-state index contributed by atoms with van der Waals surface area (Å²) in [6.45, 7) is 0. The number of aliphatic imine (C=N–C) groups is 1. The van der Waals surface area contributed by atoms with Crippen LogP contribution in [-0.2, 0) is 9.53 Å². The van der Waals surface area contributed by atoms with Gasteiger partial charge in [-0.25, -0.2) is 4.99 Å². The molecule has 1 aliphatic rings. The Morgan fingerprint density at radius 3 is 2.25 bits per heavy atom. The second kappa shape index (κ2) is 7.84. The first-order chi connectivity index (χ1) is 13.3. The highest BCUT2D eigenvalue weighted by Crippen LogP contribution is 2.31. The highest BCUT2D eigenvalue weighted by atomic mass is 35.5. The van der Waals surface area contributed by atoms with Gasteiger partial charge in [0.05, 0.1) is 28.5 Å². The summed E-state index contributed by atoms with van der Waals surface area (Å²) in [7, 11) is 1.25. The highest BCUT2D eigenvalue weighted by molar-refractivity contribution is 6.50. The minimum absolute atomic E-state index is 0.0243. The van der Waals surface area contributed by atoms with Gasteiger partial charge in [-0.15, -0.1) is 0 Å². The average molecular weight is 421 g/mol. The maximum absolute atomic E-state index is 12.5. The van der Waals surface area contributed by atoms with Gasteiger partial charge in [-0.1, -0.05) is 23.2 Å². The van der Waals surface area contributed by atoms with E-state index in [-0.39, 0.29) is 38.7 Å². The summed E-state index contributed by atoms with van der Waals surface area (Å²) < 4.78 is 5.02. The zero-order valence-corrected chi connectivity index (χ0v) is 15.9. The molecule has 0 atom stereocenters. The molecule has 0 bridgehead atoms. The molecule has 0 amide bonds. The number of phenolic OH excluding ortho intramolecular Hbond substituents is 2. The maximum atomic E-state index is 12.5. The number of halogens is 2. The fourth-order valence-corrected chi connectivity index (χ4v) is 2.78. The number of phenols is 2. The van der Waals surface area contributed by atoms with Crippen molar-refractivity contribution in [2.75, 3.05) is 12.4 Å². The fraction of sp³-hybridized carbons (Fsp3) is 0.0526. The topological polar surface area (TPSA) is 111 Å². The minimum Gasteiger partial charge on any atom is -0.506 e. The summed E-state index contributed by atoms with van der Waals surface area (Å²) >= 11 is 11.8. The van der Waals surface area contributed by atoms with Crippen molar-refractivity contribution in [1.82, 2.24) is 0 Å². The number of ketones is 1. The number of aromatic hydroxyl groups is 2. The summed E-state index contributed by atoms with van der Waals surface area (Å²) in [5.41, 5.74) is 0.898. The lowest BCUT2D eigenvalue weighted by Gasteiger charge is -2.18. The first-order valence-electron chi connectivity index (χ1n) is 7.87. The molecule has 0 fully saturated rings. The van der Waals surface area contributed by atoms with Gasteiger partial charge in [-0.3, -0.25) is 4.79 Å². The van der Waals surface area contributed by atoms with Crippen LogP contribution in [-0.4, -0.2) is 33.9 Å². The van der Waals surface area contributed by atoms with Crippen molar-refractivity contribution in [3.05, 3.63) is 69.7 Å². The quantitative estimate of drug-likeness (QED) is 0.428. The number of nitrogens with zero attached hydrogens (tertiary/aromatic N) is 1. The molecule has 0 heterocycles. The highest BCUT2D eigenvalue weighted by Gasteiger charge is 2.29. The zero-order valence-electron chi connectivity index (χ0n) is 14.4. The van der Waals surface area contributed by atoms with E-state index in [1.807, 2.05) is 0 Å². The van der Waals surface area contributed by atoms with E-state index in [0.717, 1.165) is 0 Å². The number of aliphatic hydroxyl groups excluding tert-OH is 1. The number of methoxy groups -OCH3 is 1. The predicted molar refractivity (Wildman–Crippen MR) is 107 cm³/mol. The van der Waals surface area contributed by atoms with Crippen LogP contribution in [0.5, 0.6) is 11.5 Å². The number of ether oxygens (including phenoxy) is 1. The van der Waals surface area contributed by atoms with Crippen molar-refractivity contribution >= 4 is 46.1 Å². The van der Waals surface area contributed by atoms with Crippen molar-refractivity contribution in [3.63, 3.8) is 0 Å². The van der Waals surface area contributed by atoms with E-state index in [2.05, 4.69) is 10.3 Å². The van der Waals surface area contributed by atoms with Gasteiger partial charge >= 0.3 is 0 Å². The number of benzene rings is 2. The molecule has 2 aromatic rings. The zero-order chi connectivity index (χ0) is 20.4. The van der Waals surface area contributed by atoms with Crippen LogP contribution in [0.1, 0.15) is 0 Å². The van der Waals surface area contributed by atoms with Gasteiger partial charge in [-0.2, -0.15) is 0 Å². The molecule has 1 aliphatic carbocycles. The lowest BCUT2D eigenvalue weighted by atomic mass is 10.0. The maximum Gasteiger partial charge on any atom is 0.249 e. The molecule has 0 aliphatic heterocycles. The Morgan fingerprint density at radius 1 is 1.00 bits per heavy atom. The summed E-state index contributed by atoms with van der Waals surface area (Å²) in [6.07, 6.45) is 1.34. The van der Waals surface area contributed by atoms with Crippen LogP contribution in [0.25, 0.3) is 0 Å². The molecule has 0 unspecified atom stereocenters. The molecule has 2 aromatic carbocycles.